The molecule has 0 aromatic heterocycles. The first-order valence-electron chi connectivity index (χ1n) is 6.31. The molecule has 23 heavy (non-hydrogen) atoms. The fourth-order valence-corrected chi connectivity index (χ4v) is 1.93. The molecule has 0 saturated carbocycles. The Morgan fingerprint density at radius 3 is 2.13 bits per heavy atom. The monoisotopic (exact) mass is 316 g/mol. The Kier molecular flexibility index (Phi) is 4.21. The lowest BCUT2D eigenvalue weighted by atomic mass is 10.1. The van der Waals surface area contributed by atoms with Crippen molar-refractivity contribution in [3.8, 4) is 0 Å². The van der Waals surface area contributed by atoms with Gasteiger partial charge in [-0.05, 0) is 19.1 Å². The Bertz CT molecular complexity index is 766. The number of carbonyl (C=O) groups excluding carboxylic acids is 1. The predicted octanol–water partition coefficient (Wildman–Crippen LogP) is 1.92. The van der Waals surface area contributed by atoms with E-state index in [2.05, 4.69) is 5.32 Å². The molecule has 0 aliphatic heterocycles. The van der Waals surface area contributed by atoms with E-state index < -0.39 is 32.8 Å². The van der Waals surface area contributed by atoms with Crippen molar-refractivity contribution in [3.05, 3.63) is 67.8 Å². The molecule has 0 saturated heterocycles. The number of rotatable bonds is 5. The number of nitrogens with one attached hydrogen (secondary N) is 1. The van der Waals surface area contributed by atoms with E-state index in [-0.39, 0.29) is 5.69 Å². The first-order valence-corrected chi connectivity index (χ1v) is 6.31. The zero-order chi connectivity index (χ0) is 17.1. The maximum Gasteiger partial charge on any atom is 0.300 e. The summed E-state index contributed by atoms with van der Waals surface area (Å²) in [6.07, 6.45) is 0. The Labute approximate surface area is 129 Å². The summed E-state index contributed by atoms with van der Waals surface area (Å²) in [6.45, 7) is 1.84. The normalized spacial score (nSPS) is 10.1. The number of hydrogen-bond donors (Lipinski definition) is 1. The second kappa shape index (κ2) is 6.10. The van der Waals surface area contributed by atoms with Crippen molar-refractivity contribution in [3.63, 3.8) is 0 Å². The van der Waals surface area contributed by atoms with Crippen LogP contribution < -0.4 is 10.4 Å². The second-order valence-electron chi connectivity index (χ2n) is 4.68. The molecule has 0 amide bonds. The zero-order valence-corrected chi connectivity index (χ0v) is 11.8. The second-order valence-corrected chi connectivity index (χ2v) is 4.68. The molecule has 2 rings (SSSR count). The van der Waals surface area contributed by atoms with Gasteiger partial charge in [-0.2, -0.15) is 0 Å². The fraction of sp³-hybridized carbons (Fsp3) is 0.0714. The third-order valence-electron chi connectivity index (χ3n) is 3.05. The van der Waals surface area contributed by atoms with Crippen LogP contribution in [0.3, 0.4) is 0 Å². The molecular formula is C14H10N3O6-. The minimum absolute atomic E-state index is 0.371. The van der Waals surface area contributed by atoms with Gasteiger partial charge in [0.25, 0.3) is 11.4 Å². The molecule has 0 aliphatic rings. The average molecular weight is 316 g/mol. The first-order chi connectivity index (χ1) is 10.8. The molecule has 0 fully saturated rings. The number of carboxylic acid groups (broad SMARTS) is 1. The number of benzene rings is 2. The average Bonchev–Trinajstić information content (AvgIpc) is 2.48. The van der Waals surface area contributed by atoms with Crippen molar-refractivity contribution in [2.45, 2.75) is 6.92 Å². The molecule has 0 radical (unpaired) electrons. The number of aromatic carboxylic acids is 1. The Morgan fingerprint density at radius 1 is 1.04 bits per heavy atom. The van der Waals surface area contributed by atoms with Crippen LogP contribution in [0.5, 0.6) is 0 Å². The van der Waals surface area contributed by atoms with Crippen molar-refractivity contribution in [1.82, 2.24) is 0 Å². The summed E-state index contributed by atoms with van der Waals surface area (Å²) < 4.78 is 0. The molecule has 1 N–H and O–H groups in total. The minimum Gasteiger partial charge on any atom is -0.545 e. The molecule has 0 unspecified atom stereocenters. The number of anilines is 2. The van der Waals surface area contributed by atoms with E-state index in [1.54, 1.807) is 24.3 Å². The lowest BCUT2D eigenvalue weighted by Gasteiger charge is -2.13. The van der Waals surface area contributed by atoms with Crippen molar-refractivity contribution >= 4 is 28.7 Å². The number of non-ortho nitro benzene ring substituents is 1. The van der Waals surface area contributed by atoms with Crippen LogP contribution in [-0.2, 0) is 0 Å². The van der Waals surface area contributed by atoms with E-state index in [0.29, 0.717) is 11.8 Å². The van der Waals surface area contributed by atoms with Crippen LogP contribution in [0.4, 0.5) is 22.7 Å². The Balaban J connectivity index is 2.63. The van der Waals surface area contributed by atoms with Crippen molar-refractivity contribution in [2.24, 2.45) is 0 Å². The summed E-state index contributed by atoms with van der Waals surface area (Å²) in [5, 5.41) is 35.8. The third-order valence-corrected chi connectivity index (χ3v) is 3.05. The predicted molar refractivity (Wildman–Crippen MR) is 78.5 cm³/mol. The lowest BCUT2D eigenvalue weighted by Crippen LogP contribution is -2.24. The van der Waals surface area contributed by atoms with Crippen molar-refractivity contribution in [2.75, 3.05) is 5.32 Å². The first kappa shape index (κ1) is 15.9. The topological polar surface area (TPSA) is 138 Å². The molecule has 2 aromatic carbocycles. The summed E-state index contributed by atoms with van der Waals surface area (Å²) in [4.78, 5) is 31.4. The van der Waals surface area contributed by atoms with Gasteiger partial charge in [-0.15, -0.1) is 0 Å². The van der Waals surface area contributed by atoms with Crippen LogP contribution in [0.1, 0.15) is 15.9 Å². The highest BCUT2D eigenvalue weighted by atomic mass is 16.6. The number of nitro benzene ring substituents is 2. The van der Waals surface area contributed by atoms with Gasteiger partial charge in [0.15, 0.2) is 0 Å². The smallest absolute Gasteiger partial charge is 0.300 e. The van der Waals surface area contributed by atoms with Crippen LogP contribution in [-0.4, -0.2) is 15.8 Å². The fourth-order valence-electron chi connectivity index (χ4n) is 1.93. The summed E-state index contributed by atoms with van der Waals surface area (Å²) in [6, 6.07) is 8.05. The molecule has 0 aliphatic carbocycles. The third kappa shape index (κ3) is 3.40. The summed E-state index contributed by atoms with van der Waals surface area (Å²) in [5.41, 5.74) is -1.12. The summed E-state index contributed by atoms with van der Waals surface area (Å²) in [5.74, 6) is -1.76. The van der Waals surface area contributed by atoms with Gasteiger partial charge in [-0.25, -0.2) is 0 Å². The molecule has 0 atom stereocenters. The lowest BCUT2D eigenvalue weighted by molar-refractivity contribution is -0.393. The van der Waals surface area contributed by atoms with E-state index in [0.717, 1.165) is 11.6 Å². The number of nitrogens with zero attached hydrogens (tertiary/aromatic N) is 2. The maximum atomic E-state index is 11.2. The van der Waals surface area contributed by atoms with E-state index in [1.165, 1.54) is 0 Å². The van der Waals surface area contributed by atoms with Gasteiger partial charge in [0, 0.05) is 17.3 Å². The molecule has 0 bridgehead atoms. The van der Waals surface area contributed by atoms with Gasteiger partial charge in [0.1, 0.15) is 5.69 Å². The van der Waals surface area contributed by atoms with Crippen LogP contribution >= 0.6 is 0 Å². The molecule has 9 heteroatoms. The van der Waals surface area contributed by atoms with Gasteiger partial charge in [-0.1, -0.05) is 17.7 Å². The number of aryl methyl sites for hydroxylation is 1. The zero-order valence-electron chi connectivity index (χ0n) is 11.8. The minimum atomic E-state index is -1.76. The Hall–Kier alpha value is -3.49. The molecular weight excluding hydrogens is 306 g/mol. The summed E-state index contributed by atoms with van der Waals surface area (Å²) >= 11 is 0. The van der Waals surface area contributed by atoms with E-state index in [1.807, 2.05) is 6.92 Å². The van der Waals surface area contributed by atoms with Crippen molar-refractivity contribution in [1.29, 1.82) is 0 Å². The Morgan fingerprint density at radius 2 is 1.65 bits per heavy atom. The quantitative estimate of drug-likeness (QED) is 0.656. The molecule has 0 spiro atoms. The maximum absolute atomic E-state index is 11.2. The highest BCUT2D eigenvalue weighted by Gasteiger charge is 2.24. The van der Waals surface area contributed by atoms with Gasteiger partial charge in [0.05, 0.1) is 21.9 Å². The molecule has 9 nitrogen and oxygen atoms in total. The number of carboxylic acids is 1. The molecule has 0 heterocycles. The highest BCUT2D eigenvalue weighted by molar-refractivity contribution is 5.98. The van der Waals surface area contributed by atoms with Crippen LogP contribution in [0, 0.1) is 27.2 Å². The van der Waals surface area contributed by atoms with Crippen LogP contribution in [0.2, 0.25) is 0 Å². The standard InChI is InChI=1S/C14H11N3O6/c1-8-2-4-9(5-3-8)15-13-11(14(18)19)6-10(16(20)21)7-12(13)17(22)23/h2-7,15H,1H3,(H,18,19)/p-1. The molecule has 118 valence electrons. The van der Waals surface area contributed by atoms with E-state index in [9.17, 15) is 30.1 Å². The van der Waals surface area contributed by atoms with Crippen molar-refractivity contribution < 1.29 is 19.7 Å². The number of hydrogen-bond acceptors (Lipinski definition) is 7. The summed E-state index contributed by atoms with van der Waals surface area (Å²) in [7, 11) is 0. The van der Waals surface area contributed by atoms with E-state index >= 15 is 0 Å². The van der Waals surface area contributed by atoms with Gasteiger partial charge < -0.3 is 15.2 Å². The highest BCUT2D eigenvalue weighted by Crippen LogP contribution is 2.35. The number of nitro groups is 2. The van der Waals surface area contributed by atoms with Gasteiger partial charge in [0.2, 0.25) is 0 Å². The number of carbonyl (C=O) groups is 1. The van der Waals surface area contributed by atoms with Gasteiger partial charge in [-0.3, -0.25) is 20.2 Å². The largest absolute Gasteiger partial charge is 0.545 e. The van der Waals surface area contributed by atoms with Crippen LogP contribution in [0.15, 0.2) is 36.4 Å². The van der Waals surface area contributed by atoms with Crippen LogP contribution in [0.25, 0.3) is 0 Å². The SMILES string of the molecule is Cc1ccc(Nc2c(C(=O)[O-])cc([N+](=O)[O-])cc2[N+](=O)[O-])cc1. The van der Waals surface area contributed by atoms with Gasteiger partial charge >= 0.3 is 0 Å². The van der Waals surface area contributed by atoms with E-state index in [4.69, 9.17) is 0 Å². The molecule has 2 aromatic rings.